The van der Waals surface area contributed by atoms with E-state index < -0.39 is 10.0 Å². The first kappa shape index (κ1) is 19.9. The first-order chi connectivity index (χ1) is 13.8. The minimum absolute atomic E-state index is 0.107. The molecule has 0 saturated carbocycles. The molecule has 2 aliphatic heterocycles. The zero-order chi connectivity index (χ0) is 20.8. The Morgan fingerprint density at radius 1 is 1.07 bits per heavy atom. The fraction of sp³-hybridized carbons (Fsp3) is 0.450. The Bertz CT molecular complexity index is 1000. The Morgan fingerprint density at radius 3 is 2.21 bits per heavy atom. The molecule has 0 N–H and O–H groups in total. The van der Waals surface area contributed by atoms with Crippen LogP contribution in [0, 0.1) is 13.8 Å². The molecule has 2 bridgehead atoms. The summed E-state index contributed by atoms with van der Waals surface area (Å²) in [5, 5.41) is 0. The molecule has 0 aliphatic carbocycles. The van der Waals surface area contributed by atoms with Crippen LogP contribution in [-0.4, -0.2) is 69.0 Å². The summed E-state index contributed by atoms with van der Waals surface area (Å²) < 4.78 is 44.0. The second-order valence-corrected chi connectivity index (χ2v) is 9.35. The first-order valence-electron chi connectivity index (χ1n) is 9.44. The maximum Gasteiger partial charge on any atom is 0.257 e. The van der Waals surface area contributed by atoms with Gasteiger partial charge in [-0.25, -0.2) is 8.42 Å². The van der Waals surface area contributed by atoms with E-state index in [-0.39, 0.29) is 36.1 Å². The second-order valence-electron chi connectivity index (χ2n) is 7.41. The van der Waals surface area contributed by atoms with Crippen LogP contribution in [0.4, 0.5) is 0 Å². The molecule has 9 heteroatoms. The predicted octanol–water partition coefficient (Wildman–Crippen LogP) is 1.82. The van der Waals surface area contributed by atoms with Crippen molar-refractivity contribution in [3.05, 3.63) is 47.4 Å². The molecule has 1 aromatic carbocycles. The van der Waals surface area contributed by atoms with Crippen LogP contribution in [0.5, 0.6) is 5.75 Å². The third kappa shape index (κ3) is 3.77. The van der Waals surface area contributed by atoms with Gasteiger partial charge in [0.05, 0.1) is 29.8 Å². The van der Waals surface area contributed by atoms with Gasteiger partial charge in [0.2, 0.25) is 10.0 Å². The number of morpholine rings is 2. The maximum atomic E-state index is 13.0. The van der Waals surface area contributed by atoms with Gasteiger partial charge in [-0.2, -0.15) is 4.31 Å². The zero-order valence-corrected chi connectivity index (χ0v) is 17.4. The molecule has 8 nitrogen and oxygen atoms in total. The molecule has 2 atom stereocenters. The average molecular weight is 420 g/mol. The van der Waals surface area contributed by atoms with Crippen molar-refractivity contribution in [2.75, 3.05) is 33.3 Å². The largest absolute Gasteiger partial charge is 0.497 e. The fourth-order valence-electron chi connectivity index (χ4n) is 3.93. The Balaban J connectivity index is 1.49. The summed E-state index contributed by atoms with van der Waals surface area (Å²) in [4.78, 5) is 14.8. The SMILES string of the molecule is COc1ccc(S(=O)(=O)N2C[C@H]3CN(C(=O)c4cc(C)oc4C)C[C@@H](C2)O3)cc1. The highest BCUT2D eigenvalue weighted by Gasteiger charge is 2.41. The van der Waals surface area contributed by atoms with Gasteiger partial charge in [0.1, 0.15) is 17.3 Å². The van der Waals surface area contributed by atoms with Crippen LogP contribution in [0.1, 0.15) is 21.9 Å². The summed E-state index contributed by atoms with van der Waals surface area (Å²) >= 11 is 0. The standard InChI is InChI=1S/C20H24N2O6S/c1-13-8-19(14(2)27-13)20(23)21-9-16-11-22(12-17(10-21)28-16)29(24,25)18-6-4-15(26-3)5-7-18/h4-8,16-17H,9-12H2,1-3H3/t16-,17+. The van der Waals surface area contributed by atoms with Gasteiger partial charge < -0.3 is 18.8 Å². The van der Waals surface area contributed by atoms with Crippen molar-refractivity contribution < 1.29 is 27.1 Å². The van der Waals surface area contributed by atoms with Crippen molar-refractivity contribution in [1.82, 2.24) is 9.21 Å². The third-order valence-corrected chi connectivity index (χ3v) is 7.15. The summed E-state index contributed by atoms with van der Waals surface area (Å²) in [6, 6.07) is 8.08. The zero-order valence-electron chi connectivity index (χ0n) is 16.6. The van der Waals surface area contributed by atoms with Crippen LogP contribution in [0.2, 0.25) is 0 Å². The molecule has 1 amide bonds. The molecular weight excluding hydrogens is 396 g/mol. The molecule has 4 rings (SSSR count). The van der Waals surface area contributed by atoms with E-state index in [1.165, 1.54) is 11.4 Å². The number of hydrogen-bond donors (Lipinski definition) is 0. The number of carbonyl (C=O) groups is 1. The monoisotopic (exact) mass is 420 g/mol. The lowest BCUT2D eigenvalue weighted by Crippen LogP contribution is -2.61. The Morgan fingerprint density at radius 2 is 1.69 bits per heavy atom. The van der Waals surface area contributed by atoms with E-state index >= 15 is 0 Å². The lowest BCUT2D eigenvalue weighted by Gasteiger charge is -2.45. The Labute approximate surface area is 170 Å². The number of ether oxygens (including phenoxy) is 2. The molecule has 2 fully saturated rings. The van der Waals surface area contributed by atoms with E-state index in [2.05, 4.69) is 0 Å². The normalized spacial score (nSPS) is 22.5. The second kappa shape index (κ2) is 7.47. The number of nitrogens with zero attached hydrogens (tertiary/aromatic N) is 2. The highest BCUT2D eigenvalue weighted by atomic mass is 32.2. The molecule has 1 aromatic heterocycles. The fourth-order valence-corrected chi connectivity index (χ4v) is 5.43. The number of rotatable bonds is 4. The van der Waals surface area contributed by atoms with Crippen molar-refractivity contribution >= 4 is 15.9 Å². The van der Waals surface area contributed by atoms with Gasteiger partial charge in [-0.1, -0.05) is 0 Å². The number of sulfonamides is 1. The van der Waals surface area contributed by atoms with Gasteiger partial charge in [-0.3, -0.25) is 4.79 Å². The quantitative estimate of drug-likeness (QED) is 0.750. The summed E-state index contributed by atoms with van der Waals surface area (Å²) in [6.45, 7) is 4.67. The van der Waals surface area contributed by atoms with Gasteiger partial charge in [0, 0.05) is 26.2 Å². The molecule has 2 saturated heterocycles. The summed E-state index contributed by atoms with van der Waals surface area (Å²) in [5.74, 6) is 1.77. The van der Waals surface area contributed by atoms with E-state index in [0.29, 0.717) is 35.9 Å². The highest BCUT2D eigenvalue weighted by Crippen LogP contribution is 2.27. The predicted molar refractivity (Wildman–Crippen MR) is 104 cm³/mol. The van der Waals surface area contributed by atoms with Crippen LogP contribution in [-0.2, 0) is 14.8 Å². The van der Waals surface area contributed by atoms with Crippen LogP contribution in [0.25, 0.3) is 0 Å². The topological polar surface area (TPSA) is 89.3 Å². The molecule has 2 aromatic rings. The van der Waals surface area contributed by atoms with Gasteiger partial charge in [0.15, 0.2) is 0 Å². The van der Waals surface area contributed by atoms with Gasteiger partial charge in [0.25, 0.3) is 5.91 Å². The lowest BCUT2D eigenvalue weighted by atomic mass is 10.1. The minimum atomic E-state index is -3.64. The number of aryl methyl sites for hydroxylation is 2. The average Bonchev–Trinajstić information content (AvgIpc) is 3.04. The van der Waals surface area contributed by atoms with Crippen molar-refractivity contribution in [3.8, 4) is 5.75 Å². The number of methoxy groups -OCH3 is 1. The third-order valence-electron chi connectivity index (χ3n) is 5.30. The Kier molecular flexibility index (Phi) is 5.14. The van der Waals surface area contributed by atoms with E-state index in [0.717, 1.165) is 0 Å². The van der Waals surface area contributed by atoms with Gasteiger partial charge in [-0.05, 0) is 44.2 Å². The summed E-state index contributed by atoms with van der Waals surface area (Å²) in [7, 11) is -2.11. The molecule has 0 spiro atoms. The number of hydrogen-bond acceptors (Lipinski definition) is 6. The molecule has 29 heavy (non-hydrogen) atoms. The molecule has 156 valence electrons. The first-order valence-corrected chi connectivity index (χ1v) is 10.9. The lowest BCUT2D eigenvalue weighted by molar-refractivity contribution is -0.113. The van der Waals surface area contributed by atoms with E-state index in [4.69, 9.17) is 13.9 Å². The van der Waals surface area contributed by atoms with Crippen LogP contribution in [0.15, 0.2) is 39.6 Å². The molecule has 0 radical (unpaired) electrons. The number of amides is 1. The van der Waals surface area contributed by atoms with Gasteiger partial charge in [-0.15, -0.1) is 0 Å². The number of carbonyl (C=O) groups excluding carboxylic acids is 1. The van der Waals surface area contributed by atoms with Gasteiger partial charge >= 0.3 is 0 Å². The van der Waals surface area contributed by atoms with Crippen molar-refractivity contribution in [2.24, 2.45) is 0 Å². The summed E-state index contributed by atoms with van der Waals surface area (Å²) in [5.41, 5.74) is 0.546. The minimum Gasteiger partial charge on any atom is -0.497 e. The van der Waals surface area contributed by atoms with Crippen molar-refractivity contribution in [2.45, 2.75) is 31.0 Å². The van der Waals surface area contributed by atoms with Crippen LogP contribution >= 0.6 is 0 Å². The molecule has 3 heterocycles. The number of benzene rings is 1. The number of furan rings is 1. The smallest absolute Gasteiger partial charge is 0.257 e. The molecule has 0 unspecified atom stereocenters. The van der Waals surface area contributed by atoms with Crippen LogP contribution < -0.4 is 4.74 Å². The van der Waals surface area contributed by atoms with E-state index in [1.807, 2.05) is 0 Å². The van der Waals surface area contributed by atoms with Crippen LogP contribution in [0.3, 0.4) is 0 Å². The molecular formula is C20H24N2O6S. The molecule has 2 aliphatic rings. The summed E-state index contributed by atoms with van der Waals surface area (Å²) in [6.07, 6.45) is -0.736. The maximum absolute atomic E-state index is 13.0. The number of fused-ring (bicyclic) bond motifs is 2. The van der Waals surface area contributed by atoms with E-state index in [9.17, 15) is 13.2 Å². The Hall–Kier alpha value is -2.36. The van der Waals surface area contributed by atoms with Crippen molar-refractivity contribution in [3.63, 3.8) is 0 Å². The highest BCUT2D eigenvalue weighted by molar-refractivity contribution is 7.89. The van der Waals surface area contributed by atoms with Crippen molar-refractivity contribution in [1.29, 1.82) is 0 Å². The van der Waals surface area contributed by atoms with E-state index in [1.54, 1.807) is 49.1 Å².